The molecule has 0 aliphatic rings. The molecule has 0 saturated carbocycles. The minimum atomic E-state index is -3.60. The van der Waals surface area contributed by atoms with Gasteiger partial charge in [0.15, 0.2) is 0 Å². The summed E-state index contributed by atoms with van der Waals surface area (Å²) in [5.74, 6) is 0.344. The molecule has 0 saturated heterocycles. The van der Waals surface area contributed by atoms with Crippen LogP contribution in [0.1, 0.15) is 11.1 Å². The lowest BCUT2D eigenvalue weighted by Crippen LogP contribution is -2.23. The number of hydrogen-bond donors (Lipinski definition) is 1. The Bertz CT molecular complexity index is 682. The van der Waals surface area contributed by atoms with Crippen LogP contribution in [-0.2, 0) is 16.6 Å². The third kappa shape index (κ3) is 3.37. The summed E-state index contributed by atoms with van der Waals surface area (Å²) in [4.78, 5) is 0.163. The summed E-state index contributed by atoms with van der Waals surface area (Å²) >= 11 is 0. The molecule has 20 heavy (non-hydrogen) atoms. The molecular weight excluding hydrogens is 274 g/mol. The number of ether oxygens (including phenoxy) is 1. The van der Waals surface area contributed by atoms with Crippen LogP contribution in [-0.4, -0.2) is 15.5 Å². The molecule has 5 heteroatoms. The zero-order chi connectivity index (χ0) is 14.6. The van der Waals surface area contributed by atoms with Crippen LogP contribution in [0.2, 0.25) is 0 Å². The standard InChI is InChI=1S/C15H17NO3S/c1-12-8-9-14(19-2)15(10-12)20(17,18)16-11-13-6-4-3-5-7-13/h3-10,16H,11H2,1-2H3. The molecule has 0 amide bonds. The molecule has 2 aromatic carbocycles. The Morgan fingerprint density at radius 2 is 1.80 bits per heavy atom. The second kappa shape index (κ2) is 6.07. The fourth-order valence-electron chi connectivity index (χ4n) is 1.85. The van der Waals surface area contributed by atoms with E-state index in [2.05, 4.69) is 4.72 Å². The molecule has 0 bridgehead atoms. The lowest BCUT2D eigenvalue weighted by atomic mass is 10.2. The first-order chi connectivity index (χ1) is 9.53. The van der Waals surface area contributed by atoms with Crippen molar-refractivity contribution in [2.45, 2.75) is 18.4 Å². The molecule has 0 unspecified atom stereocenters. The molecule has 0 spiro atoms. The van der Waals surface area contributed by atoms with Gasteiger partial charge in [-0.1, -0.05) is 36.4 Å². The van der Waals surface area contributed by atoms with Gasteiger partial charge in [-0.15, -0.1) is 0 Å². The van der Waals surface area contributed by atoms with Gasteiger partial charge in [-0.2, -0.15) is 0 Å². The highest BCUT2D eigenvalue weighted by Crippen LogP contribution is 2.24. The molecular formula is C15H17NO3S. The number of nitrogens with one attached hydrogen (secondary N) is 1. The van der Waals surface area contributed by atoms with Crippen LogP contribution >= 0.6 is 0 Å². The first-order valence-electron chi connectivity index (χ1n) is 6.21. The van der Waals surface area contributed by atoms with Crippen molar-refractivity contribution in [1.82, 2.24) is 4.72 Å². The van der Waals surface area contributed by atoms with Gasteiger partial charge < -0.3 is 4.74 Å². The third-order valence-corrected chi connectivity index (χ3v) is 4.34. The van der Waals surface area contributed by atoms with Crippen LogP contribution in [0.4, 0.5) is 0 Å². The van der Waals surface area contributed by atoms with Crippen LogP contribution in [0, 0.1) is 6.92 Å². The van der Waals surface area contributed by atoms with Gasteiger partial charge in [-0.05, 0) is 30.2 Å². The molecule has 2 aromatic rings. The molecule has 0 aliphatic carbocycles. The van der Waals surface area contributed by atoms with Crippen molar-refractivity contribution in [3.05, 3.63) is 59.7 Å². The van der Waals surface area contributed by atoms with Crippen molar-refractivity contribution in [3.8, 4) is 5.75 Å². The predicted molar refractivity (Wildman–Crippen MR) is 78.2 cm³/mol. The number of benzene rings is 2. The van der Waals surface area contributed by atoms with E-state index in [9.17, 15) is 8.42 Å². The lowest BCUT2D eigenvalue weighted by Gasteiger charge is -2.11. The Kier molecular flexibility index (Phi) is 4.42. The molecule has 0 radical (unpaired) electrons. The Hall–Kier alpha value is -1.85. The number of sulfonamides is 1. The normalized spacial score (nSPS) is 11.3. The zero-order valence-corrected chi connectivity index (χ0v) is 12.3. The van der Waals surface area contributed by atoms with Crippen LogP contribution in [0.3, 0.4) is 0 Å². The van der Waals surface area contributed by atoms with Gasteiger partial charge in [0, 0.05) is 6.54 Å². The summed E-state index contributed by atoms with van der Waals surface area (Å²) in [5, 5.41) is 0. The first-order valence-corrected chi connectivity index (χ1v) is 7.69. The Morgan fingerprint density at radius 1 is 1.10 bits per heavy atom. The fraction of sp³-hybridized carbons (Fsp3) is 0.200. The SMILES string of the molecule is COc1ccc(C)cc1S(=O)(=O)NCc1ccccc1. The topological polar surface area (TPSA) is 55.4 Å². The predicted octanol–water partition coefficient (Wildman–Crippen LogP) is 2.48. The number of aryl methyl sites for hydroxylation is 1. The van der Waals surface area contributed by atoms with Crippen LogP contribution in [0.15, 0.2) is 53.4 Å². The van der Waals surface area contributed by atoms with Crippen molar-refractivity contribution >= 4 is 10.0 Å². The first kappa shape index (κ1) is 14.6. The van der Waals surface area contributed by atoms with E-state index in [1.807, 2.05) is 43.3 Å². The van der Waals surface area contributed by atoms with E-state index in [0.717, 1.165) is 11.1 Å². The average Bonchev–Trinajstić information content (AvgIpc) is 2.46. The van der Waals surface area contributed by atoms with Crippen LogP contribution < -0.4 is 9.46 Å². The summed E-state index contributed by atoms with van der Waals surface area (Å²) in [5.41, 5.74) is 1.77. The molecule has 0 fully saturated rings. The molecule has 0 aromatic heterocycles. The summed E-state index contributed by atoms with van der Waals surface area (Å²) in [6, 6.07) is 14.5. The number of hydrogen-bond acceptors (Lipinski definition) is 3. The van der Waals surface area contributed by atoms with Gasteiger partial charge in [0.2, 0.25) is 10.0 Å². The van der Waals surface area contributed by atoms with E-state index in [1.54, 1.807) is 12.1 Å². The van der Waals surface area contributed by atoms with Gasteiger partial charge in [0.25, 0.3) is 0 Å². The van der Waals surface area contributed by atoms with Gasteiger partial charge in [-0.3, -0.25) is 0 Å². The maximum Gasteiger partial charge on any atom is 0.244 e. The Morgan fingerprint density at radius 3 is 2.45 bits per heavy atom. The van der Waals surface area contributed by atoms with E-state index in [0.29, 0.717) is 5.75 Å². The van der Waals surface area contributed by atoms with E-state index in [4.69, 9.17) is 4.74 Å². The van der Waals surface area contributed by atoms with E-state index in [1.165, 1.54) is 7.11 Å². The summed E-state index contributed by atoms with van der Waals surface area (Å²) in [7, 11) is -2.14. The van der Waals surface area contributed by atoms with Crippen LogP contribution in [0.5, 0.6) is 5.75 Å². The van der Waals surface area contributed by atoms with Crippen molar-refractivity contribution < 1.29 is 13.2 Å². The molecule has 2 rings (SSSR count). The van der Waals surface area contributed by atoms with Gasteiger partial charge in [-0.25, -0.2) is 13.1 Å². The van der Waals surface area contributed by atoms with Gasteiger partial charge in [0.05, 0.1) is 7.11 Å². The van der Waals surface area contributed by atoms with Crippen molar-refractivity contribution in [2.24, 2.45) is 0 Å². The smallest absolute Gasteiger partial charge is 0.244 e. The fourth-order valence-corrected chi connectivity index (χ4v) is 3.12. The minimum Gasteiger partial charge on any atom is -0.495 e. The van der Waals surface area contributed by atoms with Crippen molar-refractivity contribution in [1.29, 1.82) is 0 Å². The van der Waals surface area contributed by atoms with E-state index in [-0.39, 0.29) is 11.4 Å². The second-order valence-electron chi connectivity index (χ2n) is 4.46. The van der Waals surface area contributed by atoms with Crippen LogP contribution in [0.25, 0.3) is 0 Å². The molecule has 1 N–H and O–H groups in total. The van der Waals surface area contributed by atoms with E-state index < -0.39 is 10.0 Å². The molecule has 106 valence electrons. The molecule has 0 atom stereocenters. The minimum absolute atomic E-state index is 0.163. The van der Waals surface area contributed by atoms with E-state index >= 15 is 0 Å². The highest BCUT2D eigenvalue weighted by Gasteiger charge is 2.19. The highest BCUT2D eigenvalue weighted by molar-refractivity contribution is 7.89. The van der Waals surface area contributed by atoms with Gasteiger partial charge in [0.1, 0.15) is 10.6 Å². The zero-order valence-electron chi connectivity index (χ0n) is 11.5. The lowest BCUT2D eigenvalue weighted by molar-refractivity contribution is 0.402. The average molecular weight is 291 g/mol. The third-order valence-electron chi connectivity index (χ3n) is 2.92. The molecule has 0 heterocycles. The summed E-state index contributed by atoms with van der Waals surface area (Å²) in [6.45, 7) is 2.09. The quantitative estimate of drug-likeness (QED) is 0.920. The number of rotatable bonds is 5. The number of methoxy groups -OCH3 is 1. The van der Waals surface area contributed by atoms with Crippen molar-refractivity contribution in [3.63, 3.8) is 0 Å². The summed E-state index contributed by atoms with van der Waals surface area (Å²) in [6.07, 6.45) is 0. The van der Waals surface area contributed by atoms with Crippen molar-refractivity contribution in [2.75, 3.05) is 7.11 Å². The van der Waals surface area contributed by atoms with Gasteiger partial charge >= 0.3 is 0 Å². The molecule has 4 nitrogen and oxygen atoms in total. The monoisotopic (exact) mass is 291 g/mol. The second-order valence-corrected chi connectivity index (χ2v) is 6.20. The Balaban J connectivity index is 2.24. The largest absolute Gasteiger partial charge is 0.495 e. The highest BCUT2D eigenvalue weighted by atomic mass is 32.2. The Labute approximate surface area is 119 Å². The molecule has 0 aliphatic heterocycles. The maximum absolute atomic E-state index is 12.3. The maximum atomic E-state index is 12.3. The summed E-state index contributed by atoms with van der Waals surface area (Å²) < 4.78 is 32.4.